The molecule has 0 nitrogen and oxygen atoms in total. The highest BCUT2D eigenvalue weighted by Crippen LogP contribution is 2.22. The topological polar surface area (TPSA) is 0 Å². The summed E-state index contributed by atoms with van der Waals surface area (Å²) in [6.45, 7) is 0. The zero-order valence-corrected chi connectivity index (χ0v) is 12.0. The molecule has 0 radical (unpaired) electrons. The van der Waals surface area contributed by atoms with Gasteiger partial charge in [0.15, 0.2) is 0 Å². The lowest BCUT2D eigenvalue weighted by Crippen LogP contribution is -1.79. The number of rotatable bonds is 4. The number of halogens is 2. The van der Waals surface area contributed by atoms with Gasteiger partial charge in [-0.15, -0.1) is 11.8 Å². The number of thioether (sulfide) groups is 1. The second-order valence-corrected chi connectivity index (χ2v) is 5.49. The SMILES string of the molecule is Clc1ccc(C=CSCc2ccccc2Cl)cc1. The van der Waals surface area contributed by atoms with E-state index in [2.05, 4.69) is 11.5 Å². The predicted molar refractivity (Wildman–Crippen MR) is 83.2 cm³/mol. The van der Waals surface area contributed by atoms with Crippen molar-refractivity contribution in [3.05, 3.63) is 75.1 Å². The van der Waals surface area contributed by atoms with E-state index in [0.717, 1.165) is 26.9 Å². The molecule has 0 spiro atoms. The van der Waals surface area contributed by atoms with Crippen molar-refractivity contribution in [3.8, 4) is 0 Å². The van der Waals surface area contributed by atoms with Gasteiger partial charge in [-0.1, -0.05) is 53.5 Å². The minimum absolute atomic E-state index is 0.760. The molecule has 0 aliphatic rings. The molecule has 2 aromatic rings. The molecular formula is C15H12Cl2S. The quantitative estimate of drug-likeness (QED) is 0.677. The van der Waals surface area contributed by atoms with E-state index in [1.807, 2.05) is 48.5 Å². The van der Waals surface area contributed by atoms with E-state index in [1.165, 1.54) is 0 Å². The van der Waals surface area contributed by atoms with Crippen LogP contribution in [0.4, 0.5) is 0 Å². The van der Waals surface area contributed by atoms with E-state index in [-0.39, 0.29) is 0 Å². The summed E-state index contributed by atoms with van der Waals surface area (Å²) in [5, 5.41) is 3.66. The fraction of sp³-hybridized carbons (Fsp3) is 0.0667. The fourth-order valence-corrected chi connectivity index (χ4v) is 2.64. The van der Waals surface area contributed by atoms with Crippen LogP contribution < -0.4 is 0 Å². The molecule has 0 saturated carbocycles. The van der Waals surface area contributed by atoms with Crippen molar-refractivity contribution in [1.82, 2.24) is 0 Å². The maximum atomic E-state index is 6.09. The summed E-state index contributed by atoms with van der Waals surface area (Å²) in [5.74, 6) is 0.879. The molecular weight excluding hydrogens is 283 g/mol. The molecule has 0 bridgehead atoms. The monoisotopic (exact) mass is 294 g/mol. The largest absolute Gasteiger partial charge is 0.129 e. The smallest absolute Gasteiger partial charge is 0.0446 e. The first-order valence-electron chi connectivity index (χ1n) is 5.53. The molecule has 0 saturated heterocycles. The van der Waals surface area contributed by atoms with Gasteiger partial charge in [-0.3, -0.25) is 0 Å². The van der Waals surface area contributed by atoms with Gasteiger partial charge in [0.05, 0.1) is 0 Å². The third-order valence-corrected chi connectivity index (χ3v) is 3.85. The van der Waals surface area contributed by atoms with Crippen LogP contribution in [0.15, 0.2) is 53.9 Å². The lowest BCUT2D eigenvalue weighted by Gasteiger charge is -2.00. The van der Waals surface area contributed by atoms with E-state index in [4.69, 9.17) is 23.2 Å². The minimum atomic E-state index is 0.760. The van der Waals surface area contributed by atoms with Gasteiger partial charge in [-0.25, -0.2) is 0 Å². The highest BCUT2D eigenvalue weighted by Gasteiger charge is 1.96. The second-order valence-electron chi connectivity index (χ2n) is 3.76. The minimum Gasteiger partial charge on any atom is -0.129 e. The average Bonchev–Trinajstić information content (AvgIpc) is 2.39. The van der Waals surface area contributed by atoms with Crippen molar-refractivity contribution in [2.24, 2.45) is 0 Å². The summed E-state index contributed by atoms with van der Waals surface area (Å²) in [5.41, 5.74) is 2.30. The van der Waals surface area contributed by atoms with Crippen LogP contribution in [0.2, 0.25) is 10.0 Å². The molecule has 3 heteroatoms. The highest BCUT2D eigenvalue weighted by atomic mass is 35.5. The Bertz CT molecular complexity index is 532. The molecule has 0 unspecified atom stereocenters. The molecule has 0 amide bonds. The van der Waals surface area contributed by atoms with E-state index in [0.29, 0.717) is 0 Å². The summed E-state index contributed by atoms with van der Waals surface area (Å²) in [6, 6.07) is 15.7. The van der Waals surface area contributed by atoms with Gasteiger partial charge in [0.1, 0.15) is 0 Å². The molecule has 0 atom stereocenters. The Balaban J connectivity index is 1.89. The van der Waals surface area contributed by atoms with Crippen LogP contribution in [0.5, 0.6) is 0 Å². The lowest BCUT2D eigenvalue weighted by atomic mass is 10.2. The number of hydrogen-bond acceptors (Lipinski definition) is 1. The van der Waals surface area contributed by atoms with E-state index in [1.54, 1.807) is 11.8 Å². The standard InChI is InChI=1S/C15H12Cl2S/c16-14-7-5-12(6-8-14)9-10-18-11-13-3-1-2-4-15(13)17/h1-10H,11H2. The second kappa shape index (κ2) is 6.89. The molecule has 18 heavy (non-hydrogen) atoms. The Morgan fingerprint density at radius 1 is 0.944 bits per heavy atom. The van der Waals surface area contributed by atoms with Crippen molar-refractivity contribution in [1.29, 1.82) is 0 Å². The molecule has 0 N–H and O–H groups in total. The lowest BCUT2D eigenvalue weighted by molar-refractivity contribution is 1.42. The predicted octanol–water partition coefficient (Wildman–Crippen LogP) is 5.90. The Morgan fingerprint density at radius 3 is 2.39 bits per heavy atom. The average molecular weight is 295 g/mol. The first-order chi connectivity index (χ1) is 8.75. The van der Waals surface area contributed by atoms with Crippen molar-refractivity contribution in [3.63, 3.8) is 0 Å². The maximum Gasteiger partial charge on any atom is 0.0446 e. The molecule has 0 heterocycles. The summed E-state index contributed by atoms with van der Waals surface area (Å²) >= 11 is 13.6. The third kappa shape index (κ3) is 4.09. The fourth-order valence-electron chi connectivity index (χ4n) is 1.45. The highest BCUT2D eigenvalue weighted by molar-refractivity contribution is 8.01. The molecule has 2 aromatic carbocycles. The first-order valence-corrected chi connectivity index (χ1v) is 7.33. The van der Waals surface area contributed by atoms with E-state index in [9.17, 15) is 0 Å². The molecule has 0 aliphatic heterocycles. The van der Waals surface area contributed by atoms with Gasteiger partial charge in [0.2, 0.25) is 0 Å². The zero-order chi connectivity index (χ0) is 12.8. The molecule has 2 rings (SSSR count). The van der Waals surface area contributed by atoms with Gasteiger partial charge in [-0.05, 0) is 40.8 Å². The van der Waals surface area contributed by atoms with Gasteiger partial charge in [0, 0.05) is 15.8 Å². The number of benzene rings is 2. The maximum absolute atomic E-state index is 6.09. The van der Waals surface area contributed by atoms with Crippen molar-refractivity contribution >= 4 is 41.0 Å². The van der Waals surface area contributed by atoms with Crippen molar-refractivity contribution in [2.45, 2.75) is 5.75 Å². The van der Waals surface area contributed by atoms with Gasteiger partial charge in [0.25, 0.3) is 0 Å². The Hall–Kier alpha value is -0.890. The zero-order valence-electron chi connectivity index (χ0n) is 9.64. The van der Waals surface area contributed by atoms with Gasteiger partial charge in [-0.2, -0.15) is 0 Å². The first kappa shape index (κ1) is 13.5. The van der Waals surface area contributed by atoms with Gasteiger partial charge < -0.3 is 0 Å². The van der Waals surface area contributed by atoms with Gasteiger partial charge >= 0.3 is 0 Å². The van der Waals surface area contributed by atoms with Crippen LogP contribution in [0.1, 0.15) is 11.1 Å². The molecule has 0 fully saturated rings. The third-order valence-electron chi connectivity index (χ3n) is 2.42. The van der Waals surface area contributed by atoms with Crippen LogP contribution >= 0.6 is 35.0 Å². The van der Waals surface area contributed by atoms with Crippen LogP contribution in [-0.2, 0) is 5.75 Å². The van der Waals surface area contributed by atoms with Crippen molar-refractivity contribution < 1.29 is 0 Å². The van der Waals surface area contributed by atoms with Crippen LogP contribution in [0.25, 0.3) is 6.08 Å². The Labute approximate surface area is 122 Å². The summed E-state index contributed by atoms with van der Waals surface area (Å²) < 4.78 is 0. The van der Waals surface area contributed by atoms with E-state index >= 15 is 0 Å². The normalized spacial score (nSPS) is 11.0. The molecule has 0 aliphatic carbocycles. The number of hydrogen-bond donors (Lipinski definition) is 0. The van der Waals surface area contributed by atoms with Crippen LogP contribution in [0, 0.1) is 0 Å². The molecule has 0 aromatic heterocycles. The van der Waals surface area contributed by atoms with E-state index < -0.39 is 0 Å². The van der Waals surface area contributed by atoms with Crippen LogP contribution in [0.3, 0.4) is 0 Å². The summed E-state index contributed by atoms with van der Waals surface area (Å²) in [4.78, 5) is 0. The Kier molecular flexibility index (Phi) is 5.18. The van der Waals surface area contributed by atoms with Crippen molar-refractivity contribution in [2.75, 3.05) is 0 Å². The van der Waals surface area contributed by atoms with Crippen LogP contribution in [-0.4, -0.2) is 0 Å². The molecule has 92 valence electrons. The summed E-state index contributed by atoms with van der Waals surface area (Å²) in [6.07, 6.45) is 2.07. The Morgan fingerprint density at radius 2 is 1.67 bits per heavy atom. The summed E-state index contributed by atoms with van der Waals surface area (Å²) in [7, 11) is 0.